The first-order valence-corrected chi connectivity index (χ1v) is 8.60. The van der Waals surface area contributed by atoms with Gasteiger partial charge in [0.1, 0.15) is 0 Å². The fourth-order valence-electron chi connectivity index (χ4n) is 2.57. The standard InChI is InChI=1S/C17H29BrN2/c1-5-11-20(14(3)4)12-10-17(19-6-2)15-8-7-9-16(18)13-15/h7-9,13-14,17,19H,5-6,10-12H2,1-4H3. The molecule has 2 nitrogen and oxygen atoms in total. The Morgan fingerprint density at radius 3 is 2.50 bits per heavy atom. The van der Waals surface area contributed by atoms with Crippen molar-refractivity contribution < 1.29 is 0 Å². The van der Waals surface area contributed by atoms with Crippen LogP contribution in [-0.4, -0.2) is 30.6 Å². The molecule has 1 aromatic rings. The molecular weight excluding hydrogens is 312 g/mol. The SMILES string of the molecule is CCCN(CCC(NCC)c1cccc(Br)c1)C(C)C. The van der Waals surface area contributed by atoms with Crippen LogP contribution >= 0.6 is 15.9 Å². The molecule has 0 saturated carbocycles. The fourth-order valence-corrected chi connectivity index (χ4v) is 2.98. The van der Waals surface area contributed by atoms with Gasteiger partial charge in [0.05, 0.1) is 0 Å². The molecule has 1 aromatic carbocycles. The molecule has 0 spiro atoms. The molecular formula is C17H29BrN2. The Morgan fingerprint density at radius 2 is 1.95 bits per heavy atom. The van der Waals surface area contributed by atoms with Crippen LogP contribution in [0.4, 0.5) is 0 Å². The van der Waals surface area contributed by atoms with Crippen molar-refractivity contribution in [3.8, 4) is 0 Å². The summed E-state index contributed by atoms with van der Waals surface area (Å²) >= 11 is 3.57. The summed E-state index contributed by atoms with van der Waals surface area (Å²) in [4.78, 5) is 2.57. The van der Waals surface area contributed by atoms with Gasteiger partial charge in [-0.15, -0.1) is 0 Å². The third-order valence-electron chi connectivity index (χ3n) is 3.65. The highest BCUT2D eigenvalue weighted by atomic mass is 79.9. The van der Waals surface area contributed by atoms with Crippen LogP contribution < -0.4 is 5.32 Å². The molecule has 1 unspecified atom stereocenters. The third kappa shape index (κ3) is 5.94. The van der Waals surface area contributed by atoms with Crippen LogP contribution in [0.3, 0.4) is 0 Å². The summed E-state index contributed by atoms with van der Waals surface area (Å²) in [5.41, 5.74) is 1.38. The molecule has 0 aromatic heterocycles. The summed E-state index contributed by atoms with van der Waals surface area (Å²) in [5.74, 6) is 0. The van der Waals surface area contributed by atoms with E-state index in [0.717, 1.165) is 24.0 Å². The Hall–Kier alpha value is -0.380. The van der Waals surface area contributed by atoms with E-state index in [1.54, 1.807) is 0 Å². The van der Waals surface area contributed by atoms with Crippen molar-refractivity contribution >= 4 is 15.9 Å². The second-order valence-electron chi connectivity index (χ2n) is 5.58. The molecule has 1 N–H and O–H groups in total. The number of benzene rings is 1. The van der Waals surface area contributed by atoms with Gasteiger partial charge >= 0.3 is 0 Å². The summed E-state index contributed by atoms with van der Waals surface area (Å²) < 4.78 is 1.16. The van der Waals surface area contributed by atoms with Crippen molar-refractivity contribution in [3.63, 3.8) is 0 Å². The Bertz CT molecular complexity index is 379. The van der Waals surface area contributed by atoms with Gasteiger partial charge in [-0.2, -0.15) is 0 Å². The first-order valence-electron chi connectivity index (χ1n) is 7.81. The van der Waals surface area contributed by atoms with Crippen LogP contribution in [0, 0.1) is 0 Å². The fraction of sp³-hybridized carbons (Fsp3) is 0.647. The van der Waals surface area contributed by atoms with E-state index in [2.05, 4.69) is 78.1 Å². The molecule has 1 atom stereocenters. The van der Waals surface area contributed by atoms with Gasteiger partial charge in [0.2, 0.25) is 0 Å². The van der Waals surface area contributed by atoms with Gasteiger partial charge in [-0.1, -0.05) is 41.9 Å². The minimum Gasteiger partial charge on any atom is -0.310 e. The van der Waals surface area contributed by atoms with Crippen LogP contribution in [-0.2, 0) is 0 Å². The maximum Gasteiger partial charge on any atom is 0.0332 e. The van der Waals surface area contributed by atoms with Crippen LogP contribution in [0.1, 0.15) is 52.1 Å². The molecule has 0 fully saturated rings. The highest BCUT2D eigenvalue weighted by Gasteiger charge is 2.14. The number of rotatable bonds is 9. The van der Waals surface area contributed by atoms with Crippen molar-refractivity contribution in [2.24, 2.45) is 0 Å². The first kappa shape index (κ1) is 17.7. The normalized spacial score (nSPS) is 13.2. The van der Waals surface area contributed by atoms with Crippen molar-refractivity contribution in [1.29, 1.82) is 0 Å². The molecule has 20 heavy (non-hydrogen) atoms. The van der Waals surface area contributed by atoms with Gasteiger partial charge in [0.15, 0.2) is 0 Å². The van der Waals surface area contributed by atoms with E-state index in [9.17, 15) is 0 Å². The monoisotopic (exact) mass is 340 g/mol. The first-order chi connectivity index (χ1) is 9.58. The minimum atomic E-state index is 0.440. The highest BCUT2D eigenvalue weighted by molar-refractivity contribution is 9.10. The summed E-state index contributed by atoms with van der Waals surface area (Å²) in [6.45, 7) is 12.4. The third-order valence-corrected chi connectivity index (χ3v) is 4.14. The Morgan fingerprint density at radius 1 is 1.20 bits per heavy atom. The summed E-state index contributed by atoms with van der Waals surface area (Å²) in [6.07, 6.45) is 2.38. The molecule has 3 heteroatoms. The average molecular weight is 341 g/mol. The Labute approximate surface area is 133 Å². The van der Waals surface area contributed by atoms with Gasteiger partial charge in [0, 0.05) is 23.1 Å². The van der Waals surface area contributed by atoms with Gasteiger partial charge in [-0.25, -0.2) is 0 Å². The van der Waals surface area contributed by atoms with Gasteiger partial charge < -0.3 is 10.2 Å². The Balaban J connectivity index is 2.67. The van der Waals surface area contributed by atoms with E-state index in [4.69, 9.17) is 0 Å². The predicted molar refractivity (Wildman–Crippen MR) is 92.2 cm³/mol. The average Bonchev–Trinajstić information content (AvgIpc) is 2.41. The van der Waals surface area contributed by atoms with Crippen LogP contribution in [0.2, 0.25) is 0 Å². The molecule has 0 amide bonds. The molecule has 0 saturated heterocycles. The number of hydrogen-bond acceptors (Lipinski definition) is 2. The van der Waals surface area contributed by atoms with Crippen LogP contribution in [0.5, 0.6) is 0 Å². The maximum atomic E-state index is 3.62. The van der Waals surface area contributed by atoms with E-state index in [1.165, 1.54) is 18.5 Å². The zero-order chi connectivity index (χ0) is 15.0. The van der Waals surface area contributed by atoms with E-state index < -0.39 is 0 Å². The van der Waals surface area contributed by atoms with Gasteiger partial charge in [-0.05, 0) is 57.5 Å². The zero-order valence-corrected chi connectivity index (χ0v) is 14.9. The molecule has 0 bridgehead atoms. The molecule has 114 valence electrons. The minimum absolute atomic E-state index is 0.440. The predicted octanol–water partition coefficient (Wildman–Crippen LogP) is 4.61. The lowest BCUT2D eigenvalue weighted by Crippen LogP contribution is -2.35. The molecule has 0 aliphatic rings. The van der Waals surface area contributed by atoms with Crippen molar-refractivity contribution in [2.75, 3.05) is 19.6 Å². The quantitative estimate of drug-likeness (QED) is 0.706. The lowest BCUT2D eigenvalue weighted by atomic mass is 10.0. The summed E-state index contributed by atoms with van der Waals surface area (Å²) in [7, 11) is 0. The molecule has 0 heterocycles. The molecule has 0 aliphatic carbocycles. The van der Waals surface area contributed by atoms with Crippen molar-refractivity contribution in [3.05, 3.63) is 34.3 Å². The highest BCUT2D eigenvalue weighted by Crippen LogP contribution is 2.21. The van der Waals surface area contributed by atoms with Crippen LogP contribution in [0.25, 0.3) is 0 Å². The van der Waals surface area contributed by atoms with Gasteiger partial charge in [0.25, 0.3) is 0 Å². The van der Waals surface area contributed by atoms with Crippen molar-refractivity contribution in [1.82, 2.24) is 10.2 Å². The topological polar surface area (TPSA) is 15.3 Å². The van der Waals surface area contributed by atoms with Crippen molar-refractivity contribution in [2.45, 2.75) is 52.6 Å². The largest absolute Gasteiger partial charge is 0.310 e. The molecule has 0 radical (unpaired) electrons. The summed E-state index contributed by atoms with van der Waals surface area (Å²) in [5, 5.41) is 3.62. The number of nitrogens with zero attached hydrogens (tertiary/aromatic N) is 1. The lowest BCUT2D eigenvalue weighted by molar-refractivity contribution is 0.210. The van der Waals surface area contributed by atoms with E-state index in [0.29, 0.717) is 12.1 Å². The Kier molecular flexibility index (Phi) is 8.43. The van der Waals surface area contributed by atoms with Crippen LogP contribution in [0.15, 0.2) is 28.7 Å². The van der Waals surface area contributed by atoms with Gasteiger partial charge in [-0.3, -0.25) is 0 Å². The number of nitrogens with one attached hydrogen (secondary N) is 1. The summed E-state index contributed by atoms with van der Waals surface area (Å²) in [6, 6.07) is 9.72. The zero-order valence-electron chi connectivity index (χ0n) is 13.3. The number of halogens is 1. The second kappa shape index (κ2) is 9.54. The lowest BCUT2D eigenvalue weighted by Gasteiger charge is -2.28. The second-order valence-corrected chi connectivity index (χ2v) is 6.50. The molecule has 1 rings (SSSR count). The maximum absolute atomic E-state index is 3.62. The molecule has 0 aliphatic heterocycles. The van der Waals surface area contributed by atoms with E-state index in [-0.39, 0.29) is 0 Å². The van der Waals surface area contributed by atoms with E-state index in [1.807, 2.05) is 0 Å². The number of hydrogen-bond donors (Lipinski definition) is 1. The van der Waals surface area contributed by atoms with E-state index >= 15 is 0 Å². The smallest absolute Gasteiger partial charge is 0.0332 e.